The third kappa shape index (κ3) is 3.04. The van der Waals surface area contributed by atoms with Gasteiger partial charge in [0.25, 0.3) is 0 Å². The minimum Gasteiger partial charge on any atom is -0.493 e. The van der Waals surface area contributed by atoms with Crippen molar-refractivity contribution in [3.8, 4) is 11.5 Å². The molecule has 0 aliphatic heterocycles. The van der Waals surface area contributed by atoms with Crippen LogP contribution in [0.3, 0.4) is 0 Å². The fourth-order valence-electron chi connectivity index (χ4n) is 4.79. The highest BCUT2D eigenvalue weighted by atomic mass is 16.5. The maximum atomic E-state index is 13.5. The number of ether oxygens (including phenoxy) is 2. The Hall–Kier alpha value is -2.53. The molecule has 2 aromatic carbocycles. The van der Waals surface area contributed by atoms with Crippen molar-refractivity contribution in [1.82, 2.24) is 5.32 Å². The Balaban J connectivity index is 1.66. The van der Waals surface area contributed by atoms with Gasteiger partial charge >= 0.3 is 0 Å². The molecule has 0 heterocycles. The quantitative estimate of drug-likeness (QED) is 0.834. The lowest BCUT2D eigenvalue weighted by atomic mass is 9.77. The van der Waals surface area contributed by atoms with Crippen molar-refractivity contribution in [2.45, 2.75) is 49.7 Å². The molecule has 0 bridgehead atoms. The Morgan fingerprint density at radius 1 is 1.07 bits per heavy atom. The molecule has 148 valence electrons. The topological polar surface area (TPSA) is 67.8 Å². The molecular formula is C23H27NO4. The van der Waals surface area contributed by atoms with E-state index in [1.165, 1.54) is 0 Å². The van der Waals surface area contributed by atoms with Gasteiger partial charge in [0.15, 0.2) is 11.5 Å². The Kier molecular flexibility index (Phi) is 5.02. The molecule has 2 aliphatic rings. The summed E-state index contributed by atoms with van der Waals surface area (Å²) in [5, 5.41) is 13.7. The van der Waals surface area contributed by atoms with E-state index in [4.69, 9.17) is 9.47 Å². The first-order chi connectivity index (χ1) is 13.6. The molecule has 2 aromatic rings. The number of nitrogens with one attached hydrogen (secondary N) is 1. The predicted molar refractivity (Wildman–Crippen MR) is 107 cm³/mol. The van der Waals surface area contributed by atoms with Crippen LogP contribution in [0, 0.1) is 0 Å². The number of hydrogen-bond donors (Lipinski definition) is 2. The number of amides is 1. The van der Waals surface area contributed by atoms with Crippen LogP contribution in [-0.2, 0) is 16.6 Å². The van der Waals surface area contributed by atoms with Gasteiger partial charge in [0, 0.05) is 6.42 Å². The predicted octanol–water partition coefficient (Wildman–Crippen LogP) is 3.29. The molecule has 0 saturated heterocycles. The highest BCUT2D eigenvalue weighted by Crippen LogP contribution is 2.45. The smallest absolute Gasteiger partial charge is 0.231 e. The van der Waals surface area contributed by atoms with Gasteiger partial charge < -0.3 is 19.9 Å². The van der Waals surface area contributed by atoms with Gasteiger partial charge in [-0.15, -0.1) is 0 Å². The third-order valence-electron chi connectivity index (χ3n) is 6.32. The van der Waals surface area contributed by atoms with Crippen molar-refractivity contribution in [1.29, 1.82) is 0 Å². The normalized spacial score (nSPS) is 22.5. The van der Waals surface area contributed by atoms with Crippen molar-refractivity contribution in [2.24, 2.45) is 0 Å². The Labute approximate surface area is 165 Å². The van der Waals surface area contributed by atoms with E-state index >= 15 is 0 Å². The number of carbonyl (C=O) groups is 1. The minimum atomic E-state index is -0.600. The number of benzene rings is 2. The standard InChI is InChI=1S/C23H27NO4/c1-27-19-10-9-16(14-20(19)28-2)23(11-5-6-12-23)22(26)24-21-17-8-4-3-7-15(17)13-18(21)25/h3-4,7-10,14,18,21,25H,5-6,11-13H2,1-2H3,(H,24,26). The molecule has 2 unspecified atom stereocenters. The molecule has 2 atom stereocenters. The van der Waals surface area contributed by atoms with E-state index in [1.54, 1.807) is 14.2 Å². The first-order valence-electron chi connectivity index (χ1n) is 9.88. The Morgan fingerprint density at radius 3 is 2.50 bits per heavy atom. The number of hydrogen-bond acceptors (Lipinski definition) is 4. The van der Waals surface area contributed by atoms with Crippen molar-refractivity contribution in [3.63, 3.8) is 0 Å². The van der Waals surface area contributed by atoms with Gasteiger partial charge in [-0.1, -0.05) is 43.2 Å². The molecule has 1 saturated carbocycles. The summed E-state index contributed by atoms with van der Waals surface area (Å²) < 4.78 is 10.8. The largest absolute Gasteiger partial charge is 0.493 e. The lowest BCUT2D eigenvalue weighted by Gasteiger charge is -2.31. The minimum absolute atomic E-state index is 0.0158. The summed E-state index contributed by atoms with van der Waals surface area (Å²) in [4.78, 5) is 13.5. The van der Waals surface area contributed by atoms with Crippen LogP contribution in [0.25, 0.3) is 0 Å². The summed E-state index contributed by atoms with van der Waals surface area (Å²) in [6.45, 7) is 0. The van der Waals surface area contributed by atoms with Crippen LogP contribution in [0.5, 0.6) is 11.5 Å². The monoisotopic (exact) mass is 381 g/mol. The van der Waals surface area contributed by atoms with E-state index in [0.717, 1.165) is 42.4 Å². The molecule has 0 radical (unpaired) electrons. The molecule has 5 heteroatoms. The molecule has 1 amide bonds. The van der Waals surface area contributed by atoms with Gasteiger partial charge in [-0.05, 0) is 41.7 Å². The first-order valence-corrected chi connectivity index (χ1v) is 9.88. The molecule has 0 spiro atoms. The van der Waals surface area contributed by atoms with Gasteiger partial charge in [-0.2, -0.15) is 0 Å². The average Bonchev–Trinajstić information content (AvgIpc) is 3.33. The van der Waals surface area contributed by atoms with Crippen LogP contribution >= 0.6 is 0 Å². The summed E-state index contributed by atoms with van der Waals surface area (Å²) in [5.74, 6) is 1.27. The lowest BCUT2D eigenvalue weighted by molar-refractivity contribution is -0.128. The highest BCUT2D eigenvalue weighted by Gasteiger charge is 2.45. The number of carbonyl (C=O) groups excluding carboxylic acids is 1. The highest BCUT2D eigenvalue weighted by molar-refractivity contribution is 5.89. The van der Waals surface area contributed by atoms with Crippen LogP contribution in [-0.4, -0.2) is 31.3 Å². The molecule has 0 aromatic heterocycles. The van der Waals surface area contributed by atoms with Crippen LogP contribution in [0.2, 0.25) is 0 Å². The lowest BCUT2D eigenvalue weighted by Crippen LogP contribution is -2.46. The second kappa shape index (κ2) is 7.47. The summed E-state index contributed by atoms with van der Waals surface area (Å²) in [6, 6.07) is 13.3. The zero-order chi connectivity index (χ0) is 19.7. The molecule has 2 N–H and O–H groups in total. The summed E-state index contributed by atoms with van der Waals surface area (Å²) in [5.41, 5.74) is 2.47. The van der Waals surface area contributed by atoms with Crippen molar-refractivity contribution >= 4 is 5.91 Å². The maximum Gasteiger partial charge on any atom is 0.231 e. The Bertz CT molecular complexity index is 873. The summed E-state index contributed by atoms with van der Waals surface area (Å²) in [6.07, 6.45) is 3.57. The van der Waals surface area contributed by atoms with E-state index in [9.17, 15) is 9.90 Å². The molecule has 2 aliphatic carbocycles. The van der Waals surface area contributed by atoms with Crippen molar-refractivity contribution in [2.75, 3.05) is 14.2 Å². The molecule has 5 nitrogen and oxygen atoms in total. The van der Waals surface area contributed by atoms with Crippen LogP contribution in [0.1, 0.15) is 48.4 Å². The van der Waals surface area contributed by atoms with Crippen LogP contribution in [0.15, 0.2) is 42.5 Å². The second-order valence-corrected chi connectivity index (χ2v) is 7.78. The Morgan fingerprint density at radius 2 is 1.79 bits per heavy atom. The van der Waals surface area contributed by atoms with Gasteiger partial charge in [0.05, 0.1) is 31.8 Å². The number of aliphatic hydroxyl groups is 1. The molecule has 28 heavy (non-hydrogen) atoms. The fraction of sp³-hybridized carbons (Fsp3) is 0.435. The van der Waals surface area contributed by atoms with E-state index in [-0.39, 0.29) is 11.9 Å². The second-order valence-electron chi connectivity index (χ2n) is 7.78. The SMILES string of the molecule is COc1ccc(C2(C(=O)NC3c4ccccc4CC3O)CCCC2)cc1OC. The molecular weight excluding hydrogens is 354 g/mol. The summed E-state index contributed by atoms with van der Waals surface area (Å²) in [7, 11) is 3.21. The zero-order valence-electron chi connectivity index (χ0n) is 16.4. The van der Waals surface area contributed by atoms with E-state index in [2.05, 4.69) is 5.32 Å². The molecule has 4 rings (SSSR count). The maximum absolute atomic E-state index is 13.5. The first kappa shape index (κ1) is 18.8. The number of rotatable bonds is 5. The number of aliphatic hydroxyl groups excluding tert-OH is 1. The zero-order valence-corrected chi connectivity index (χ0v) is 16.4. The van der Waals surface area contributed by atoms with Crippen molar-refractivity contribution in [3.05, 3.63) is 59.2 Å². The molecule has 1 fully saturated rings. The van der Waals surface area contributed by atoms with Gasteiger partial charge in [-0.3, -0.25) is 4.79 Å². The fourth-order valence-corrected chi connectivity index (χ4v) is 4.79. The van der Waals surface area contributed by atoms with E-state index < -0.39 is 11.5 Å². The number of fused-ring (bicyclic) bond motifs is 1. The number of methoxy groups -OCH3 is 2. The van der Waals surface area contributed by atoms with Crippen LogP contribution in [0.4, 0.5) is 0 Å². The van der Waals surface area contributed by atoms with Crippen molar-refractivity contribution < 1.29 is 19.4 Å². The van der Waals surface area contributed by atoms with E-state index in [1.807, 2.05) is 42.5 Å². The van der Waals surface area contributed by atoms with Gasteiger partial charge in [0.2, 0.25) is 5.91 Å². The van der Waals surface area contributed by atoms with Gasteiger partial charge in [0.1, 0.15) is 0 Å². The summed E-state index contributed by atoms with van der Waals surface area (Å²) >= 11 is 0. The van der Waals surface area contributed by atoms with Crippen LogP contribution < -0.4 is 14.8 Å². The average molecular weight is 381 g/mol. The van der Waals surface area contributed by atoms with E-state index in [0.29, 0.717) is 17.9 Å². The third-order valence-corrected chi connectivity index (χ3v) is 6.32. The van der Waals surface area contributed by atoms with Gasteiger partial charge in [-0.25, -0.2) is 0 Å².